The maximum absolute atomic E-state index is 5.73. The molecule has 0 aliphatic carbocycles. The zero-order valence-corrected chi connectivity index (χ0v) is 9.18. The van der Waals surface area contributed by atoms with Gasteiger partial charge in [-0.25, -0.2) is 4.98 Å². The van der Waals surface area contributed by atoms with Crippen molar-refractivity contribution in [2.24, 2.45) is 0 Å². The molecule has 13 heavy (non-hydrogen) atoms. The zero-order valence-electron chi connectivity index (χ0n) is 7.60. The maximum atomic E-state index is 5.73. The van der Waals surface area contributed by atoms with Gasteiger partial charge in [0.2, 0.25) is 0 Å². The molecule has 2 rings (SSSR count). The summed E-state index contributed by atoms with van der Waals surface area (Å²) in [7, 11) is 0. The van der Waals surface area contributed by atoms with Crippen LogP contribution in [0, 0.1) is 0 Å². The van der Waals surface area contributed by atoms with Crippen molar-refractivity contribution in [1.29, 1.82) is 0 Å². The van der Waals surface area contributed by atoms with Crippen LogP contribution in [-0.4, -0.2) is 17.1 Å². The van der Waals surface area contributed by atoms with Crippen molar-refractivity contribution in [2.75, 3.05) is 11.9 Å². The first kappa shape index (κ1) is 8.81. The van der Waals surface area contributed by atoms with Gasteiger partial charge >= 0.3 is 0 Å². The van der Waals surface area contributed by atoms with Gasteiger partial charge in [0.05, 0.1) is 6.54 Å². The van der Waals surface area contributed by atoms with E-state index in [4.69, 9.17) is 4.74 Å². The van der Waals surface area contributed by atoms with Gasteiger partial charge in [0.15, 0.2) is 11.6 Å². The molecule has 1 aliphatic heterocycles. The Labute approximate surface area is 85.6 Å². The molecule has 0 fully saturated rings. The standard InChI is InChI=1S/C9H11BrN2O/c1-9(2)5-11-8-6(13-9)3-4-7(10)12-8/h3-4H,5H2,1-2H3,(H,11,12). The monoisotopic (exact) mass is 242 g/mol. The van der Waals surface area contributed by atoms with Crippen LogP contribution in [0.15, 0.2) is 16.7 Å². The van der Waals surface area contributed by atoms with Gasteiger partial charge in [-0.1, -0.05) is 0 Å². The number of hydrogen-bond acceptors (Lipinski definition) is 3. The smallest absolute Gasteiger partial charge is 0.170 e. The summed E-state index contributed by atoms with van der Waals surface area (Å²) in [6.07, 6.45) is 0. The lowest BCUT2D eigenvalue weighted by Crippen LogP contribution is -2.40. The van der Waals surface area contributed by atoms with Crippen molar-refractivity contribution in [2.45, 2.75) is 19.4 Å². The van der Waals surface area contributed by atoms with Crippen molar-refractivity contribution in [3.63, 3.8) is 0 Å². The molecule has 1 N–H and O–H groups in total. The first-order chi connectivity index (χ1) is 6.07. The molecule has 0 radical (unpaired) electrons. The van der Waals surface area contributed by atoms with Gasteiger partial charge in [0.1, 0.15) is 10.2 Å². The van der Waals surface area contributed by atoms with E-state index in [9.17, 15) is 0 Å². The van der Waals surface area contributed by atoms with Crippen LogP contribution in [0.1, 0.15) is 13.8 Å². The van der Waals surface area contributed by atoms with Crippen LogP contribution >= 0.6 is 15.9 Å². The minimum atomic E-state index is -0.150. The fourth-order valence-electron chi connectivity index (χ4n) is 1.26. The lowest BCUT2D eigenvalue weighted by molar-refractivity contribution is 0.115. The first-order valence-corrected chi connectivity index (χ1v) is 4.96. The molecule has 1 aromatic heterocycles. The second-order valence-electron chi connectivity index (χ2n) is 3.70. The number of nitrogens with zero attached hydrogens (tertiary/aromatic N) is 1. The fourth-order valence-corrected chi connectivity index (χ4v) is 1.57. The van der Waals surface area contributed by atoms with Crippen molar-refractivity contribution in [3.8, 4) is 5.75 Å². The van der Waals surface area contributed by atoms with E-state index < -0.39 is 0 Å². The Balaban J connectivity index is 2.37. The second kappa shape index (κ2) is 2.87. The number of nitrogens with one attached hydrogen (secondary N) is 1. The summed E-state index contributed by atoms with van der Waals surface area (Å²) in [5.41, 5.74) is -0.150. The van der Waals surface area contributed by atoms with Gasteiger partial charge in [-0.15, -0.1) is 0 Å². The molecule has 0 saturated carbocycles. The quantitative estimate of drug-likeness (QED) is 0.710. The van der Waals surface area contributed by atoms with Crippen LogP contribution in [-0.2, 0) is 0 Å². The number of rotatable bonds is 0. The summed E-state index contributed by atoms with van der Waals surface area (Å²) in [5, 5.41) is 3.23. The molecule has 1 aromatic rings. The van der Waals surface area contributed by atoms with E-state index in [1.54, 1.807) is 0 Å². The van der Waals surface area contributed by atoms with E-state index in [1.807, 2.05) is 26.0 Å². The average molecular weight is 243 g/mol. The van der Waals surface area contributed by atoms with E-state index in [2.05, 4.69) is 26.2 Å². The van der Waals surface area contributed by atoms with Crippen LogP contribution < -0.4 is 10.1 Å². The summed E-state index contributed by atoms with van der Waals surface area (Å²) in [4.78, 5) is 4.26. The summed E-state index contributed by atoms with van der Waals surface area (Å²) in [5.74, 6) is 1.63. The molecule has 0 atom stereocenters. The number of hydrogen-bond donors (Lipinski definition) is 1. The molecule has 2 heterocycles. The third kappa shape index (κ3) is 1.77. The van der Waals surface area contributed by atoms with Gasteiger partial charge in [-0.2, -0.15) is 0 Å². The van der Waals surface area contributed by atoms with Crippen LogP contribution in [0.4, 0.5) is 5.82 Å². The lowest BCUT2D eigenvalue weighted by Gasteiger charge is -2.32. The minimum absolute atomic E-state index is 0.150. The summed E-state index contributed by atoms with van der Waals surface area (Å²) >= 11 is 3.31. The molecule has 3 nitrogen and oxygen atoms in total. The molecule has 1 aliphatic rings. The molecule has 0 unspecified atom stereocenters. The van der Waals surface area contributed by atoms with Crippen molar-refractivity contribution < 1.29 is 4.74 Å². The Morgan fingerprint density at radius 2 is 2.31 bits per heavy atom. The SMILES string of the molecule is CC1(C)CNc2nc(Br)ccc2O1. The first-order valence-electron chi connectivity index (χ1n) is 4.16. The average Bonchev–Trinajstić information content (AvgIpc) is 2.05. The summed E-state index contributed by atoms with van der Waals surface area (Å²) in [6, 6.07) is 3.79. The summed E-state index contributed by atoms with van der Waals surface area (Å²) < 4.78 is 6.55. The Kier molecular flexibility index (Phi) is 1.95. The normalized spacial score (nSPS) is 18.4. The topological polar surface area (TPSA) is 34.2 Å². The van der Waals surface area contributed by atoms with E-state index in [0.717, 1.165) is 22.7 Å². The van der Waals surface area contributed by atoms with Crippen LogP contribution in [0.3, 0.4) is 0 Å². The van der Waals surface area contributed by atoms with Gasteiger partial charge < -0.3 is 10.1 Å². The third-order valence-corrected chi connectivity index (χ3v) is 2.33. The molecule has 4 heteroatoms. The highest BCUT2D eigenvalue weighted by Crippen LogP contribution is 2.31. The number of aromatic nitrogens is 1. The largest absolute Gasteiger partial charge is 0.482 e. The van der Waals surface area contributed by atoms with Crippen LogP contribution in [0.2, 0.25) is 0 Å². The van der Waals surface area contributed by atoms with Crippen molar-refractivity contribution in [1.82, 2.24) is 4.98 Å². The molecular weight excluding hydrogens is 232 g/mol. The maximum Gasteiger partial charge on any atom is 0.170 e. The van der Waals surface area contributed by atoms with Gasteiger partial charge in [-0.05, 0) is 41.9 Å². The van der Waals surface area contributed by atoms with Gasteiger partial charge in [-0.3, -0.25) is 0 Å². The van der Waals surface area contributed by atoms with Crippen molar-refractivity contribution >= 4 is 21.7 Å². The predicted molar refractivity (Wildman–Crippen MR) is 55.1 cm³/mol. The van der Waals surface area contributed by atoms with Crippen molar-refractivity contribution in [3.05, 3.63) is 16.7 Å². The van der Waals surface area contributed by atoms with Crippen LogP contribution in [0.25, 0.3) is 0 Å². The molecule has 0 bridgehead atoms. The highest BCUT2D eigenvalue weighted by Gasteiger charge is 2.26. The van der Waals surface area contributed by atoms with E-state index in [-0.39, 0.29) is 5.60 Å². The minimum Gasteiger partial charge on any atom is -0.482 e. The number of fused-ring (bicyclic) bond motifs is 1. The summed E-state index contributed by atoms with van der Waals surface area (Å²) in [6.45, 7) is 4.87. The number of pyridine rings is 1. The lowest BCUT2D eigenvalue weighted by atomic mass is 10.1. The Morgan fingerprint density at radius 1 is 1.54 bits per heavy atom. The highest BCUT2D eigenvalue weighted by molar-refractivity contribution is 9.10. The molecule has 70 valence electrons. The highest BCUT2D eigenvalue weighted by atomic mass is 79.9. The van der Waals surface area contributed by atoms with Gasteiger partial charge in [0.25, 0.3) is 0 Å². The number of halogens is 1. The predicted octanol–water partition coefficient (Wildman–Crippen LogP) is 2.43. The molecule has 0 spiro atoms. The van der Waals surface area contributed by atoms with Crippen LogP contribution in [0.5, 0.6) is 5.75 Å². The molecule has 0 aromatic carbocycles. The number of ether oxygens (including phenoxy) is 1. The second-order valence-corrected chi connectivity index (χ2v) is 4.51. The van der Waals surface area contributed by atoms with Gasteiger partial charge in [0, 0.05) is 0 Å². The van der Waals surface area contributed by atoms with E-state index in [1.165, 1.54) is 0 Å². The zero-order chi connectivity index (χ0) is 9.47. The Morgan fingerprint density at radius 3 is 3.08 bits per heavy atom. The van der Waals surface area contributed by atoms with E-state index in [0.29, 0.717) is 0 Å². The molecular formula is C9H11BrN2O. The Bertz CT molecular complexity index is 338. The molecule has 0 amide bonds. The number of anilines is 1. The molecule has 0 saturated heterocycles. The van der Waals surface area contributed by atoms with E-state index >= 15 is 0 Å². The third-order valence-electron chi connectivity index (χ3n) is 1.89. The Hall–Kier alpha value is -0.770. The fraction of sp³-hybridized carbons (Fsp3) is 0.444.